The normalized spacial score (nSPS) is 20.4. The maximum atomic E-state index is 12.4. The molecule has 2 heterocycles. The molecule has 0 bridgehead atoms. The highest BCUT2D eigenvalue weighted by Gasteiger charge is 2.32. The van der Waals surface area contributed by atoms with Gasteiger partial charge < -0.3 is 14.8 Å². The Hall–Kier alpha value is -2.05. The molecule has 1 aromatic carbocycles. The van der Waals surface area contributed by atoms with Crippen LogP contribution in [0.4, 0.5) is 0 Å². The zero-order valence-corrected chi connectivity index (χ0v) is 13.5. The zero-order chi connectivity index (χ0) is 16.2. The van der Waals surface area contributed by atoms with Crippen LogP contribution < -0.4 is 10.1 Å². The number of ether oxygens (including phenoxy) is 2. The Kier molecular flexibility index (Phi) is 4.83. The summed E-state index contributed by atoms with van der Waals surface area (Å²) in [5.41, 5.74) is 1.55. The molecule has 1 fully saturated rings. The van der Waals surface area contributed by atoms with Gasteiger partial charge in [0, 0.05) is 23.4 Å². The molecule has 1 aliphatic heterocycles. The SMILES string of the molecule is COc1cccc(Cl)c1CC(=O)N[C@H]1CCO[C@@H]1c1ccn[nH]1. The Balaban J connectivity index is 1.68. The van der Waals surface area contributed by atoms with Gasteiger partial charge in [-0.1, -0.05) is 17.7 Å². The molecule has 122 valence electrons. The molecule has 0 saturated carbocycles. The van der Waals surface area contributed by atoms with Crippen molar-refractivity contribution in [3.63, 3.8) is 0 Å². The summed E-state index contributed by atoms with van der Waals surface area (Å²) in [5.74, 6) is 0.497. The summed E-state index contributed by atoms with van der Waals surface area (Å²) in [7, 11) is 1.56. The number of amides is 1. The number of aromatic amines is 1. The minimum absolute atomic E-state index is 0.0866. The molecular formula is C16H18ClN3O3. The number of hydrogen-bond acceptors (Lipinski definition) is 4. The van der Waals surface area contributed by atoms with Gasteiger partial charge in [-0.2, -0.15) is 5.10 Å². The fraction of sp³-hybridized carbons (Fsp3) is 0.375. The molecule has 0 radical (unpaired) electrons. The summed E-state index contributed by atoms with van der Waals surface area (Å²) in [6.07, 6.45) is 2.39. The van der Waals surface area contributed by atoms with Gasteiger partial charge >= 0.3 is 0 Å². The summed E-state index contributed by atoms with van der Waals surface area (Å²) in [5, 5.41) is 10.4. The van der Waals surface area contributed by atoms with Crippen molar-refractivity contribution in [1.29, 1.82) is 0 Å². The van der Waals surface area contributed by atoms with Gasteiger partial charge in [0.15, 0.2) is 0 Å². The predicted molar refractivity (Wildman–Crippen MR) is 85.5 cm³/mol. The third-order valence-corrected chi connectivity index (χ3v) is 4.25. The highest BCUT2D eigenvalue weighted by molar-refractivity contribution is 6.31. The summed E-state index contributed by atoms with van der Waals surface area (Å²) < 4.78 is 11.0. The molecule has 1 saturated heterocycles. The van der Waals surface area contributed by atoms with Gasteiger partial charge in [-0.25, -0.2) is 0 Å². The average Bonchev–Trinajstić information content (AvgIpc) is 3.20. The Labute approximate surface area is 139 Å². The first kappa shape index (κ1) is 15.8. The van der Waals surface area contributed by atoms with Gasteiger partial charge in [-0.3, -0.25) is 9.89 Å². The van der Waals surface area contributed by atoms with Gasteiger partial charge in [-0.15, -0.1) is 0 Å². The largest absolute Gasteiger partial charge is 0.496 e. The first-order valence-electron chi connectivity index (χ1n) is 7.40. The van der Waals surface area contributed by atoms with E-state index in [2.05, 4.69) is 15.5 Å². The highest BCUT2D eigenvalue weighted by Crippen LogP contribution is 2.29. The van der Waals surface area contributed by atoms with E-state index in [4.69, 9.17) is 21.1 Å². The second-order valence-corrected chi connectivity index (χ2v) is 5.77. The number of carbonyl (C=O) groups excluding carboxylic acids is 1. The first-order chi connectivity index (χ1) is 11.2. The smallest absolute Gasteiger partial charge is 0.224 e. The van der Waals surface area contributed by atoms with E-state index in [0.717, 1.165) is 12.1 Å². The van der Waals surface area contributed by atoms with Crippen LogP contribution in [0.3, 0.4) is 0 Å². The van der Waals surface area contributed by atoms with Gasteiger partial charge in [0.25, 0.3) is 0 Å². The number of aromatic nitrogens is 2. The standard InChI is InChI=1S/C16H18ClN3O3/c1-22-14-4-2-3-11(17)10(14)9-15(21)19-12-6-8-23-16(12)13-5-7-18-20-13/h2-5,7,12,16H,6,8-9H2,1H3,(H,18,20)(H,19,21)/t12-,16-/m0/s1. The van der Waals surface area contributed by atoms with E-state index >= 15 is 0 Å². The Morgan fingerprint density at radius 3 is 3.13 bits per heavy atom. The lowest BCUT2D eigenvalue weighted by atomic mass is 10.1. The lowest BCUT2D eigenvalue weighted by Crippen LogP contribution is -2.37. The minimum atomic E-state index is -0.199. The van der Waals surface area contributed by atoms with E-state index in [1.54, 1.807) is 31.5 Å². The Morgan fingerprint density at radius 1 is 1.52 bits per heavy atom. The van der Waals surface area contributed by atoms with Gasteiger partial charge in [0.2, 0.25) is 5.91 Å². The summed E-state index contributed by atoms with van der Waals surface area (Å²) in [6, 6.07) is 7.10. The molecule has 1 aliphatic rings. The lowest BCUT2D eigenvalue weighted by Gasteiger charge is -2.19. The van der Waals surface area contributed by atoms with Crippen molar-refractivity contribution in [2.24, 2.45) is 0 Å². The van der Waals surface area contributed by atoms with Crippen molar-refractivity contribution < 1.29 is 14.3 Å². The number of rotatable bonds is 5. The van der Waals surface area contributed by atoms with E-state index < -0.39 is 0 Å². The third-order valence-electron chi connectivity index (χ3n) is 3.90. The van der Waals surface area contributed by atoms with Crippen molar-refractivity contribution in [3.05, 3.63) is 46.7 Å². The number of hydrogen-bond donors (Lipinski definition) is 2. The number of carbonyl (C=O) groups is 1. The van der Waals surface area contributed by atoms with Crippen LogP contribution in [-0.2, 0) is 16.0 Å². The van der Waals surface area contributed by atoms with E-state index in [1.807, 2.05) is 6.07 Å². The zero-order valence-electron chi connectivity index (χ0n) is 12.7. The molecule has 2 atom stereocenters. The molecule has 6 nitrogen and oxygen atoms in total. The molecule has 0 unspecified atom stereocenters. The van der Waals surface area contributed by atoms with E-state index in [0.29, 0.717) is 22.9 Å². The van der Waals surface area contributed by atoms with Gasteiger partial charge in [0.1, 0.15) is 11.9 Å². The van der Waals surface area contributed by atoms with Crippen molar-refractivity contribution in [3.8, 4) is 5.75 Å². The van der Waals surface area contributed by atoms with Crippen LogP contribution >= 0.6 is 11.6 Å². The van der Waals surface area contributed by atoms with Crippen molar-refractivity contribution >= 4 is 17.5 Å². The van der Waals surface area contributed by atoms with E-state index in [9.17, 15) is 4.79 Å². The lowest BCUT2D eigenvalue weighted by molar-refractivity contribution is -0.121. The molecule has 2 aromatic rings. The fourth-order valence-electron chi connectivity index (χ4n) is 2.79. The van der Waals surface area contributed by atoms with Crippen LogP contribution in [-0.4, -0.2) is 35.9 Å². The third kappa shape index (κ3) is 3.48. The second kappa shape index (κ2) is 7.02. The maximum Gasteiger partial charge on any atom is 0.224 e. The summed E-state index contributed by atoms with van der Waals surface area (Å²) >= 11 is 6.18. The Morgan fingerprint density at radius 2 is 2.39 bits per heavy atom. The number of H-pyrrole nitrogens is 1. The molecular weight excluding hydrogens is 318 g/mol. The van der Waals surface area contributed by atoms with E-state index in [-0.39, 0.29) is 24.5 Å². The molecule has 0 spiro atoms. The minimum Gasteiger partial charge on any atom is -0.496 e. The first-order valence-corrected chi connectivity index (χ1v) is 7.78. The van der Waals surface area contributed by atoms with Crippen LogP contribution in [0.25, 0.3) is 0 Å². The van der Waals surface area contributed by atoms with Crippen LogP contribution in [0.5, 0.6) is 5.75 Å². The average molecular weight is 336 g/mol. The quantitative estimate of drug-likeness (QED) is 0.878. The van der Waals surface area contributed by atoms with Crippen molar-refractivity contribution in [2.75, 3.05) is 13.7 Å². The fourth-order valence-corrected chi connectivity index (χ4v) is 3.02. The molecule has 1 aromatic heterocycles. The van der Waals surface area contributed by atoms with Crippen LogP contribution in [0.2, 0.25) is 5.02 Å². The second-order valence-electron chi connectivity index (χ2n) is 5.36. The predicted octanol–water partition coefficient (Wildman–Crippen LogP) is 2.26. The number of nitrogens with zero attached hydrogens (tertiary/aromatic N) is 1. The van der Waals surface area contributed by atoms with Crippen molar-refractivity contribution in [2.45, 2.75) is 25.0 Å². The van der Waals surface area contributed by atoms with Gasteiger partial charge in [0.05, 0.1) is 25.3 Å². The molecule has 0 aliphatic carbocycles. The van der Waals surface area contributed by atoms with Crippen LogP contribution in [0.15, 0.2) is 30.5 Å². The summed E-state index contributed by atoms with van der Waals surface area (Å²) in [4.78, 5) is 12.4. The molecule has 2 N–H and O–H groups in total. The molecule has 23 heavy (non-hydrogen) atoms. The highest BCUT2D eigenvalue weighted by atomic mass is 35.5. The number of nitrogens with one attached hydrogen (secondary N) is 2. The van der Waals surface area contributed by atoms with Crippen LogP contribution in [0.1, 0.15) is 23.8 Å². The molecule has 7 heteroatoms. The topological polar surface area (TPSA) is 76.2 Å². The van der Waals surface area contributed by atoms with Crippen LogP contribution in [0, 0.1) is 0 Å². The maximum absolute atomic E-state index is 12.4. The number of benzene rings is 1. The number of halogens is 1. The monoisotopic (exact) mass is 335 g/mol. The van der Waals surface area contributed by atoms with Gasteiger partial charge in [-0.05, 0) is 24.6 Å². The molecule has 3 rings (SSSR count). The van der Waals surface area contributed by atoms with Crippen molar-refractivity contribution in [1.82, 2.24) is 15.5 Å². The number of methoxy groups -OCH3 is 1. The van der Waals surface area contributed by atoms with E-state index in [1.165, 1.54) is 0 Å². The summed E-state index contributed by atoms with van der Waals surface area (Å²) in [6.45, 7) is 0.601. The Bertz CT molecular complexity index is 675. The molecule has 1 amide bonds.